The molecule has 0 aliphatic rings. The Labute approximate surface area is 99.6 Å². The fourth-order valence-electron chi connectivity index (χ4n) is 1.12. The van der Waals surface area contributed by atoms with Crippen LogP contribution < -0.4 is 11.1 Å². The van der Waals surface area contributed by atoms with Gasteiger partial charge < -0.3 is 20.5 Å². The minimum atomic E-state index is -2.50. The second-order valence-electron chi connectivity index (χ2n) is 3.57. The number of ether oxygens (including phenoxy) is 2. The van der Waals surface area contributed by atoms with Gasteiger partial charge in [-0.1, -0.05) is 0 Å². The van der Waals surface area contributed by atoms with Crippen molar-refractivity contribution in [2.75, 3.05) is 33.5 Å². The van der Waals surface area contributed by atoms with Crippen molar-refractivity contribution >= 4 is 5.91 Å². The van der Waals surface area contributed by atoms with Gasteiger partial charge in [-0.05, 0) is 6.42 Å². The van der Waals surface area contributed by atoms with Crippen LogP contribution in [0, 0.1) is 0 Å². The van der Waals surface area contributed by atoms with Gasteiger partial charge in [0.05, 0.1) is 13.2 Å². The van der Waals surface area contributed by atoms with Crippen LogP contribution in [0.25, 0.3) is 0 Å². The number of rotatable bonds is 10. The summed E-state index contributed by atoms with van der Waals surface area (Å²) in [5.74, 6) is -0.233. The maximum absolute atomic E-state index is 11.7. The highest BCUT2D eigenvalue weighted by Gasteiger charge is 2.06. The second kappa shape index (κ2) is 10.4. The first-order valence-electron chi connectivity index (χ1n) is 5.43. The number of alkyl halides is 2. The van der Waals surface area contributed by atoms with E-state index in [1.807, 2.05) is 0 Å². The minimum absolute atomic E-state index is 0.000296. The van der Waals surface area contributed by atoms with Crippen molar-refractivity contribution in [2.24, 2.45) is 5.73 Å². The van der Waals surface area contributed by atoms with Crippen molar-refractivity contribution in [1.29, 1.82) is 0 Å². The Kier molecular flexibility index (Phi) is 9.89. The molecule has 0 fully saturated rings. The van der Waals surface area contributed by atoms with Crippen LogP contribution in [-0.2, 0) is 14.3 Å². The molecule has 1 atom stereocenters. The number of nitrogens with one attached hydrogen (secondary N) is 1. The third-order valence-electron chi connectivity index (χ3n) is 1.94. The molecule has 0 saturated carbocycles. The lowest BCUT2D eigenvalue weighted by molar-refractivity contribution is -0.122. The molecule has 3 N–H and O–H groups in total. The third-order valence-corrected chi connectivity index (χ3v) is 1.94. The van der Waals surface area contributed by atoms with E-state index in [9.17, 15) is 13.6 Å². The Bertz CT molecular complexity index is 206. The van der Waals surface area contributed by atoms with Crippen LogP contribution in [0.4, 0.5) is 8.78 Å². The van der Waals surface area contributed by atoms with Gasteiger partial charge in [-0.25, -0.2) is 8.78 Å². The first-order valence-corrected chi connectivity index (χ1v) is 5.43. The maximum atomic E-state index is 11.7. The van der Waals surface area contributed by atoms with Gasteiger partial charge in [-0.15, -0.1) is 0 Å². The van der Waals surface area contributed by atoms with Crippen LogP contribution in [0.15, 0.2) is 0 Å². The van der Waals surface area contributed by atoms with E-state index in [1.165, 1.54) is 0 Å². The average Bonchev–Trinajstić information content (AvgIpc) is 2.24. The molecule has 102 valence electrons. The molecule has 7 heteroatoms. The van der Waals surface area contributed by atoms with Crippen molar-refractivity contribution in [1.82, 2.24) is 5.32 Å². The predicted octanol–water partition coefficient (Wildman–Crippen LogP) is 0.138. The van der Waals surface area contributed by atoms with Gasteiger partial charge in [0.25, 0.3) is 6.43 Å². The monoisotopic (exact) mass is 254 g/mol. The number of carbonyl (C=O) groups is 1. The van der Waals surface area contributed by atoms with Crippen LogP contribution >= 0.6 is 0 Å². The Hall–Kier alpha value is -0.790. The number of halogens is 2. The van der Waals surface area contributed by atoms with Crippen LogP contribution in [-0.4, -0.2) is 51.8 Å². The van der Waals surface area contributed by atoms with E-state index < -0.39 is 13.0 Å². The molecule has 1 unspecified atom stereocenters. The zero-order chi connectivity index (χ0) is 13.1. The third kappa shape index (κ3) is 11.5. The fourth-order valence-corrected chi connectivity index (χ4v) is 1.12. The van der Waals surface area contributed by atoms with Gasteiger partial charge in [-0.2, -0.15) is 0 Å². The topological polar surface area (TPSA) is 73.6 Å². The molecule has 0 rings (SSSR count). The van der Waals surface area contributed by atoms with Gasteiger partial charge in [-0.3, -0.25) is 4.79 Å². The molecule has 0 aromatic carbocycles. The Morgan fingerprint density at radius 1 is 1.41 bits per heavy atom. The second-order valence-corrected chi connectivity index (χ2v) is 3.57. The van der Waals surface area contributed by atoms with Crippen LogP contribution in [0.3, 0.4) is 0 Å². The van der Waals surface area contributed by atoms with Gasteiger partial charge in [0, 0.05) is 26.1 Å². The van der Waals surface area contributed by atoms with Gasteiger partial charge in [0.1, 0.15) is 6.61 Å². The zero-order valence-electron chi connectivity index (χ0n) is 9.96. The molecule has 0 aromatic heterocycles. The van der Waals surface area contributed by atoms with E-state index in [2.05, 4.69) is 10.1 Å². The standard InChI is InChI=1S/C10H20F2N2O3/c1-16-6-8(13)2-4-14-10(15)3-5-17-7-9(11)12/h8-9H,2-7,13H2,1H3,(H,14,15). The summed E-state index contributed by atoms with van der Waals surface area (Å²) in [4.78, 5) is 11.2. The Morgan fingerprint density at radius 3 is 2.71 bits per heavy atom. The molecular formula is C10H20F2N2O3. The quantitative estimate of drug-likeness (QED) is 0.544. The number of amides is 1. The highest BCUT2D eigenvalue weighted by atomic mass is 19.3. The smallest absolute Gasteiger partial charge is 0.261 e. The molecule has 0 bridgehead atoms. The normalized spacial score (nSPS) is 12.8. The fraction of sp³-hybridized carbons (Fsp3) is 0.900. The number of hydrogen-bond donors (Lipinski definition) is 2. The molecule has 0 saturated heterocycles. The van der Waals surface area contributed by atoms with Crippen LogP contribution in [0.2, 0.25) is 0 Å². The van der Waals surface area contributed by atoms with Gasteiger partial charge >= 0.3 is 0 Å². The lowest BCUT2D eigenvalue weighted by Gasteiger charge is -2.11. The summed E-state index contributed by atoms with van der Waals surface area (Å²) in [7, 11) is 1.55. The Balaban J connectivity index is 3.34. The molecule has 0 heterocycles. The molecule has 0 aromatic rings. The van der Waals surface area contributed by atoms with Crippen molar-refractivity contribution in [2.45, 2.75) is 25.3 Å². The van der Waals surface area contributed by atoms with E-state index in [-0.39, 0.29) is 25.0 Å². The molecule has 1 amide bonds. The number of methoxy groups -OCH3 is 1. The molecule has 17 heavy (non-hydrogen) atoms. The molecule has 5 nitrogen and oxygen atoms in total. The van der Waals surface area contributed by atoms with Crippen molar-refractivity contribution in [3.8, 4) is 0 Å². The van der Waals surface area contributed by atoms with E-state index in [0.29, 0.717) is 19.6 Å². The highest BCUT2D eigenvalue weighted by molar-refractivity contribution is 5.75. The van der Waals surface area contributed by atoms with E-state index in [0.717, 1.165) is 0 Å². The van der Waals surface area contributed by atoms with Gasteiger partial charge in [0.15, 0.2) is 0 Å². The van der Waals surface area contributed by atoms with E-state index in [1.54, 1.807) is 7.11 Å². The van der Waals surface area contributed by atoms with Gasteiger partial charge in [0.2, 0.25) is 5.91 Å². The molecular weight excluding hydrogens is 234 g/mol. The SMILES string of the molecule is COCC(N)CCNC(=O)CCOCC(F)F. The summed E-state index contributed by atoms with van der Waals surface area (Å²) in [5.41, 5.74) is 5.64. The lowest BCUT2D eigenvalue weighted by Crippen LogP contribution is -2.33. The predicted molar refractivity (Wildman–Crippen MR) is 58.9 cm³/mol. The van der Waals surface area contributed by atoms with E-state index >= 15 is 0 Å². The van der Waals surface area contributed by atoms with Crippen molar-refractivity contribution < 1.29 is 23.0 Å². The first-order chi connectivity index (χ1) is 8.06. The minimum Gasteiger partial charge on any atom is -0.383 e. The first kappa shape index (κ1) is 16.2. The zero-order valence-corrected chi connectivity index (χ0v) is 9.96. The molecule has 0 spiro atoms. The highest BCUT2D eigenvalue weighted by Crippen LogP contribution is 1.93. The summed E-state index contributed by atoms with van der Waals surface area (Å²) < 4.78 is 32.8. The molecule has 0 radical (unpaired) electrons. The molecule has 0 aliphatic carbocycles. The maximum Gasteiger partial charge on any atom is 0.261 e. The summed E-state index contributed by atoms with van der Waals surface area (Å²) in [6, 6.07) is -0.115. The molecule has 0 aliphatic heterocycles. The number of nitrogens with two attached hydrogens (primary N) is 1. The van der Waals surface area contributed by atoms with Crippen molar-refractivity contribution in [3.63, 3.8) is 0 Å². The Morgan fingerprint density at radius 2 is 2.12 bits per heavy atom. The summed E-state index contributed by atoms with van der Waals surface area (Å²) in [5, 5.41) is 2.62. The summed E-state index contributed by atoms with van der Waals surface area (Å²) in [6.07, 6.45) is -1.81. The summed E-state index contributed by atoms with van der Waals surface area (Å²) >= 11 is 0. The lowest BCUT2D eigenvalue weighted by atomic mass is 10.2. The van der Waals surface area contributed by atoms with E-state index in [4.69, 9.17) is 10.5 Å². The summed E-state index contributed by atoms with van der Waals surface area (Å²) in [6.45, 7) is 0.248. The average molecular weight is 254 g/mol. The van der Waals surface area contributed by atoms with Crippen molar-refractivity contribution in [3.05, 3.63) is 0 Å². The number of hydrogen-bond acceptors (Lipinski definition) is 4. The number of carbonyl (C=O) groups excluding carboxylic acids is 1. The van der Waals surface area contributed by atoms with Crippen LogP contribution in [0.5, 0.6) is 0 Å². The van der Waals surface area contributed by atoms with Crippen LogP contribution in [0.1, 0.15) is 12.8 Å². The largest absolute Gasteiger partial charge is 0.383 e.